The van der Waals surface area contributed by atoms with E-state index in [0.717, 1.165) is 4.88 Å². The molecule has 0 spiro atoms. The molecule has 0 aliphatic carbocycles. The fourth-order valence-electron chi connectivity index (χ4n) is 2.48. The molecule has 6 nitrogen and oxygen atoms in total. The van der Waals surface area contributed by atoms with Crippen molar-refractivity contribution in [3.63, 3.8) is 0 Å². The van der Waals surface area contributed by atoms with Crippen molar-refractivity contribution < 1.29 is 9.59 Å². The number of thiophene rings is 1. The Kier molecular flexibility index (Phi) is 5.24. The Labute approximate surface area is 158 Å². The number of ketones is 1. The maximum Gasteiger partial charge on any atom is 0.262 e. The summed E-state index contributed by atoms with van der Waals surface area (Å²) in [7, 11) is 1.66. The molecule has 2 aromatic heterocycles. The number of hydrogen-bond acceptors (Lipinski definition) is 6. The van der Waals surface area contributed by atoms with E-state index >= 15 is 0 Å². The van der Waals surface area contributed by atoms with Crippen LogP contribution < -0.4 is 10.9 Å². The molecule has 0 saturated heterocycles. The molecule has 1 aromatic carbocycles. The van der Waals surface area contributed by atoms with Crippen LogP contribution >= 0.6 is 23.1 Å². The summed E-state index contributed by atoms with van der Waals surface area (Å²) < 4.78 is 1.47. The van der Waals surface area contributed by atoms with Gasteiger partial charge in [0.2, 0.25) is 5.91 Å². The van der Waals surface area contributed by atoms with Gasteiger partial charge in [-0.1, -0.05) is 23.9 Å². The van der Waals surface area contributed by atoms with E-state index in [-0.39, 0.29) is 23.0 Å². The highest BCUT2D eigenvalue weighted by Gasteiger charge is 2.14. The minimum Gasteiger partial charge on any atom is -0.326 e. The summed E-state index contributed by atoms with van der Waals surface area (Å²) in [5.41, 5.74) is 0.970. The zero-order valence-corrected chi connectivity index (χ0v) is 16.2. The number of aromatic nitrogens is 2. The number of fused-ring (bicyclic) bond motifs is 1. The van der Waals surface area contributed by atoms with Gasteiger partial charge in [-0.05, 0) is 25.1 Å². The van der Waals surface area contributed by atoms with Crippen LogP contribution in [-0.2, 0) is 11.8 Å². The molecule has 134 valence electrons. The van der Waals surface area contributed by atoms with E-state index in [1.165, 1.54) is 34.6 Å². The van der Waals surface area contributed by atoms with Crippen molar-refractivity contribution in [2.24, 2.45) is 7.05 Å². The normalized spacial score (nSPS) is 10.9. The second-order valence-corrected chi connectivity index (χ2v) is 7.99. The number of Topliss-reactive ketones (excluding diaryl/α,β-unsaturated/α-hetero) is 1. The van der Waals surface area contributed by atoms with Crippen molar-refractivity contribution in [2.45, 2.75) is 19.0 Å². The van der Waals surface area contributed by atoms with Crippen molar-refractivity contribution in [1.29, 1.82) is 0 Å². The lowest BCUT2D eigenvalue weighted by molar-refractivity contribution is -0.114. The lowest BCUT2D eigenvalue weighted by atomic mass is 10.1. The van der Waals surface area contributed by atoms with Gasteiger partial charge in [-0.15, -0.1) is 11.3 Å². The number of aryl methyl sites for hydroxylation is 1. The average molecular weight is 387 g/mol. The SMILES string of the molecule is CC(=O)Nc1cccc(C(=O)CSc2nc3sc(C)cc3c(=O)n2C)c1. The van der Waals surface area contributed by atoms with E-state index in [9.17, 15) is 14.4 Å². The molecule has 0 unspecified atom stereocenters. The predicted molar refractivity (Wildman–Crippen MR) is 105 cm³/mol. The minimum atomic E-state index is -0.192. The molecule has 0 aliphatic heterocycles. The molecule has 1 N–H and O–H groups in total. The van der Waals surface area contributed by atoms with Crippen LogP contribution in [0.25, 0.3) is 10.2 Å². The van der Waals surface area contributed by atoms with Crippen LogP contribution in [0.15, 0.2) is 40.3 Å². The fraction of sp³-hybridized carbons (Fsp3) is 0.222. The van der Waals surface area contributed by atoms with Gasteiger partial charge in [0.25, 0.3) is 5.56 Å². The number of nitrogens with one attached hydrogen (secondary N) is 1. The Morgan fingerprint density at radius 2 is 2.08 bits per heavy atom. The molecule has 2 heterocycles. The molecular weight excluding hydrogens is 370 g/mol. The third-order valence-electron chi connectivity index (χ3n) is 3.69. The van der Waals surface area contributed by atoms with Crippen LogP contribution in [-0.4, -0.2) is 27.0 Å². The highest BCUT2D eigenvalue weighted by Crippen LogP contribution is 2.24. The first-order chi connectivity index (χ1) is 12.3. The van der Waals surface area contributed by atoms with Crippen molar-refractivity contribution in [1.82, 2.24) is 9.55 Å². The van der Waals surface area contributed by atoms with Crippen LogP contribution in [0.4, 0.5) is 5.69 Å². The first kappa shape index (κ1) is 18.3. The molecule has 0 aliphatic rings. The molecule has 0 bridgehead atoms. The third kappa shape index (κ3) is 3.86. The van der Waals surface area contributed by atoms with Gasteiger partial charge in [-0.3, -0.25) is 19.0 Å². The number of hydrogen-bond donors (Lipinski definition) is 1. The van der Waals surface area contributed by atoms with Crippen LogP contribution in [0.3, 0.4) is 0 Å². The molecule has 0 atom stereocenters. The molecule has 0 radical (unpaired) electrons. The van der Waals surface area contributed by atoms with Gasteiger partial charge < -0.3 is 5.32 Å². The number of anilines is 1. The Morgan fingerprint density at radius 1 is 1.31 bits per heavy atom. The molecular formula is C18H17N3O3S2. The number of amides is 1. The van der Waals surface area contributed by atoms with Gasteiger partial charge >= 0.3 is 0 Å². The van der Waals surface area contributed by atoms with Gasteiger partial charge in [-0.25, -0.2) is 4.98 Å². The zero-order chi connectivity index (χ0) is 18.8. The van der Waals surface area contributed by atoms with Gasteiger partial charge in [0.05, 0.1) is 11.1 Å². The monoisotopic (exact) mass is 387 g/mol. The highest BCUT2D eigenvalue weighted by molar-refractivity contribution is 7.99. The molecule has 0 fully saturated rings. The number of rotatable bonds is 5. The van der Waals surface area contributed by atoms with Crippen LogP contribution in [0.1, 0.15) is 22.2 Å². The Morgan fingerprint density at radius 3 is 2.81 bits per heavy atom. The summed E-state index contributed by atoms with van der Waals surface area (Å²) in [5.74, 6) is -0.138. The largest absolute Gasteiger partial charge is 0.326 e. The Bertz CT molecular complexity index is 1070. The molecule has 8 heteroatoms. The van der Waals surface area contributed by atoms with Crippen molar-refractivity contribution in [2.75, 3.05) is 11.1 Å². The smallest absolute Gasteiger partial charge is 0.262 e. The molecule has 26 heavy (non-hydrogen) atoms. The van der Waals surface area contributed by atoms with Gasteiger partial charge in [0.1, 0.15) is 4.83 Å². The second kappa shape index (κ2) is 7.43. The summed E-state index contributed by atoms with van der Waals surface area (Å²) >= 11 is 2.69. The number of carbonyl (C=O) groups excluding carboxylic acids is 2. The third-order valence-corrected chi connectivity index (χ3v) is 5.67. The molecule has 3 aromatic rings. The zero-order valence-electron chi connectivity index (χ0n) is 14.5. The summed E-state index contributed by atoms with van der Waals surface area (Å²) in [4.78, 5) is 42.3. The van der Waals surface area contributed by atoms with Crippen LogP contribution in [0.2, 0.25) is 0 Å². The van der Waals surface area contributed by atoms with Crippen molar-refractivity contribution in [3.05, 3.63) is 51.1 Å². The summed E-state index contributed by atoms with van der Waals surface area (Å²) in [6.07, 6.45) is 0. The number of benzene rings is 1. The molecule has 1 amide bonds. The van der Waals surface area contributed by atoms with Crippen LogP contribution in [0.5, 0.6) is 0 Å². The number of carbonyl (C=O) groups is 2. The Hall–Kier alpha value is -2.45. The van der Waals surface area contributed by atoms with E-state index in [1.807, 2.05) is 13.0 Å². The Balaban J connectivity index is 1.80. The second-order valence-electron chi connectivity index (χ2n) is 5.81. The lowest BCUT2D eigenvalue weighted by Gasteiger charge is -2.07. The quantitative estimate of drug-likeness (QED) is 0.413. The number of nitrogens with zero attached hydrogens (tertiary/aromatic N) is 2. The van der Waals surface area contributed by atoms with Crippen molar-refractivity contribution in [3.8, 4) is 0 Å². The van der Waals surface area contributed by atoms with E-state index < -0.39 is 0 Å². The number of thioether (sulfide) groups is 1. The van der Waals surface area contributed by atoms with E-state index in [2.05, 4.69) is 10.3 Å². The fourth-order valence-corrected chi connectivity index (χ4v) is 4.27. The maximum atomic E-state index is 12.5. The standard InChI is InChI=1S/C18H17N3O3S2/c1-10-7-14-16(26-10)20-18(21(3)17(14)24)25-9-15(23)12-5-4-6-13(8-12)19-11(2)22/h4-8H,9H2,1-3H3,(H,19,22). The summed E-state index contributed by atoms with van der Waals surface area (Å²) in [5, 5.41) is 3.77. The van der Waals surface area contributed by atoms with Gasteiger partial charge in [0.15, 0.2) is 10.9 Å². The van der Waals surface area contributed by atoms with Gasteiger partial charge in [0, 0.05) is 30.1 Å². The lowest BCUT2D eigenvalue weighted by Crippen LogP contribution is -2.19. The van der Waals surface area contributed by atoms with E-state index in [1.54, 1.807) is 31.3 Å². The van der Waals surface area contributed by atoms with Gasteiger partial charge in [-0.2, -0.15) is 0 Å². The summed E-state index contributed by atoms with van der Waals surface area (Å²) in [6.45, 7) is 3.35. The summed E-state index contributed by atoms with van der Waals surface area (Å²) in [6, 6.07) is 8.62. The highest BCUT2D eigenvalue weighted by atomic mass is 32.2. The van der Waals surface area contributed by atoms with E-state index in [0.29, 0.717) is 26.6 Å². The van der Waals surface area contributed by atoms with Crippen LogP contribution in [0, 0.1) is 6.92 Å². The van der Waals surface area contributed by atoms with Crippen molar-refractivity contribution >= 4 is 50.7 Å². The molecule has 3 rings (SSSR count). The molecule has 0 saturated carbocycles. The minimum absolute atomic E-state index is 0.0982. The van der Waals surface area contributed by atoms with E-state index in [4.69, 9.17) is 0 Å². The first-order valence-corrected chi connectivity index (χ1v) is 9.66. The topological polar surface area (TPSA) is 81.1 Å². The average Bonchev–Trinajstić information content (AvgIpc) is 2.97. The maximum absolute atomic E-state index is 12.5. The first-order valence-electron chi connectivity index (χ1n) is 7.86. The predicted octanol–water partition coefficient (Wildman–Crippen LogP) is 3.24.